The van der Waals surface area contributed by atoms with Gasteiger partial charge in [0.05, 0.1) is 0 Å². The molecule has 1 N–H and O–H groups in total. The van der Waals surface area contributed by atoms with Crippen LogP contribution in [-0.2, 0) is 4.79 Å². The Labute approximate surface area is 142 Å². The van der Waals surface area contributed by atoms with Crippen LogP contribution in [0, 0.1) is 0 Å². The van der Waals surface area contributed by atoms with Crippen molar-refractivity contribution >= 4 is 5.97 Å². The van der Waals surface area contributed by atoms with E-state index in [0.29, 0.717) is 5.57 Å². The van der Waals surface area contributed by atoms with E-state index >= 15 is 0 Å². The third kappa shape index (κ3) is 11.6. The Bertz CT molecular complexity index is 498. The Morgan fingerprint density at radius 2 is 1.17 bits per heavy atom. The summed E-state index contributed by atoms with van der Waals surface area (Å²) in [6, 6.07) is 0. The number of carboxylic acid groups (broad SMARTS) is 1. The first-order valence-corrected chi connectivity index (χ1v) is 8.58. The molecule has 0 aliphatic carbocycles. The number of allylic oxidation sites excluding steroid dienone is 7. The van der Waals surface area contributed by atoms with Gasteiger partial charge in [-0.05, 0) is 80.1 Å². The zero-order valence-electron chi connectivity index (χ0n) is 15.8. The highest BCUT2D eigenvalue weighted by Crippen LogP contribution is 2.15. The van der Waals surface area contributed by atoms with Crippen molar-refractivity contribution in [2.24, 2.45) is 0 Å². The summed E-state index contributed by atoms with van der Waals surface area (Å²) >= 11 is 0. The fourth-order valence-electron chi connectivity index (χ4n) is 2.24. The van der Waals surface area contributed by atoms with Gasteiger partial charge >= 0.3 is 5.97 Å². The molecule has 0 bridgehead atoms. The summed E-state index contributed by atoms with van der Waals surface area (Å²) in [5, 5.41) is 8.94. The lowest BCUT2D eigenvalue weighted by molar-refractivity contribution is -0.132. The smallest absolute Gasteiger partial charge is 0.331 e. The summed E-state index contributed by atoms with van der Waals surface area (Å²) in [4.78, 5) is 10.9. The van der Waals surface area contributed by atoms with Crippen LogP contribution in [0.4, 0.5) is 0 Å². The van der Waals surface area contributed by atoms with Gasteiger partial charge in [0.15, 0.2) is 0 Å². The summed E-state index contributed by atoms with van der Waals surface area (Å²) in [6.07, 6.45) is 13.1. The van der Waals surface area contributed by atoms with Crippen LogP contribution in [0.3, 0.4) is 0 Å². The van der Waals surface area contributed by atoms with Gasteiger partial charge in [0.25, 0.3) is 0 Å². The molecule has 0 saturated heterocycles. The normalized spacial score (nSPS) is 13.7. The molecule has 0 unspecified atom stereocenters. The second-order valence-electron chi connectivity index (χ2n) is 6.71. The van der Waals surface area contributed by atoms with Gasteiger partial charge in [-0.25, -0.2) is 4.79 Å². The lowest BCUT2D eigenvalue weighted by Gasteiger charge is -2.04. The van der Waals surface area contributed by atoms with Crippen molar-refractivity contribution in [3.05, 3.63) is 46.1 Å². The summed E-state index contributed by atoms with van der Waals surface area (Å²) in [6.45, 7) is 12.2. The quantitative estimate of drug-likeness (QED) is 0.363. The van der Waals surface area contributed by atoms with E-state index in [1.807, 2.05) is 6.92 Å². The number of carbonyl (C=O) groups is 1. The first-order valence-electron chi connectivity index (χ1n) is 8.58. The highest BCUT2D eigenvalue weighted by molar-refractivity contribution is 5.86. The number of hydrogen-bond donors (Lipinski definition) is 1. The van der Waals surface area contributed by atoms with Gasteiger partial charge in [-0.15, -0.1) is 0 Å². The Kier molecular flexibility index (Phi) is 11.1. The van der Waals surface area contributed by atoms with Crippen molar-refractivity contribution in [1.29, 1.82) is 0 Å². The van der Waals surface area contributed by atoms with Gasteiger partial charge < -0.3 is 5.11 Å². The molecule has 0 spiro atoms. The van der Waals surface area contributed by atoms with Crippen LogP contribution in [0.5, 0.6) is 0 Å². The van der Waals surface area contributed by atoms with E-state index in [9.17, 15) is 4.79 Å². The number of carboxylic acids is 1. The van der Waals surface area contributed by atoms with Crippen LogP contribution in [0.15, 0.2) is 46.1 Å². The minimum atomic E-state index is -0.808. The number of aliphatic carboxylic acids is 1. The fourth-order valence-corrected chi connectivity index (χ4v) is 2.24. The Morgan fingerprint density at radius 1 is 0.739 bits per heavy atom. The van der Waals surface area contributed by atoms with Crippen molar-refractivity contribution < 1.29 is 9.90 Å². The van der Waals surface area contributed by atoms with Gasteiger partial charge in [-0.1, -0.05) is 40.5 Å². The first-order chi connectivity index (χ1) is 10.7. The van der Waals surface area contributed by atoms with Crippen LogP contribution in [0.25, 0.3) is 0 Å². The maximum atomic E-state index is 10.9. The van der Waals surface area contributed by atoms with E-state index in [-0.39, 0.29) is 0 Å². The molecule has 0 aromatic heterocycles. The van der Waals surface area contributed by atoms with Crippen LogP contribution in [-0.4, -0.2) is 11.1 Å². The molecular formula is C21H34O2. The maximum absolute atomic E-state index is 10.9. The molecule has 130 valence electrons. The highest BCUT2D eigenvalue weighted by atomic mass is 16.4. The highest BCUT2D eigenvalue weighted by Gasteiger charge is 2.04. The lowest BCUT2D eigenvalue weighted by atomic mass is 10.0. The minimum absolute atomic E-state index is 0.478. The van der Waals surface area contributed by atoms with E-state index in [0.717, 1.165) is 44.1 Å². The second-order valence-corrected chi connectivity index (χ2v) is 6.71. The molecule has 0 aromatic rings. The zero-order valence-corrected chi connectivity index (χ0v) is 15.8. The standard InChI is InChI=1S/C21H34O2/c1-16(2)10-7-11-17(3)12-8-13-18(4)14-9-15-19(5)20(6)21(22)23/h10,12,14H,7-9,11,13,15H2,1-6H3,(H,22,23)/b17-12+,18-14+,20-19-. The Morgan fingerprint density at radius 3 is 1.61 bits per heavy atom. The molecule has 0 radical (unpaired) electrons. The monoisotopic (exact) mass is 318 g/mol. The third-order valence-electron chi connectivity index (χ3n) is 4.10. The average molecular weight is 319 g/mol. The summed E-state index contributed by atoms with van der Waals surface area (Å²) in [5.74, 6) is -0.808. The van der Waals surface area contributed by atoms with Gasteiger partial charge in [-0.3, -0.25) is 0 Å². The molecule has 0 heterocycles. The van der Waals surface area contributed by atoms with Crippen LogP contribution in [0.2, 0.25) is 0 Å². The van der Waals surface area contributed by atoms with Gasteiger partial charge in [-0.2, -0.15) is 0 Å². The van der Waals surface area contributed by atoms with Crippen LogP contribution >= 0.6 is 0 Å². The molecule has 0 atom stereocenters. The minimum Gasteiger partial charge on any atom is -0.478 e. The molecular weight excluding hydrogens is 284 g/mol. The largest absolute Gasteiger partial charge is 0.478 e. The van der Waals surface area contributed by atoms with E-state index in [1.54, 1.807) is 6.92 Å². The third-order valence-corrected chi connectivity index (χ3v) is 4.10. The molecule has 23 heavy (non-hydrogen) atoms. The van der Waals surface area contributed by atoms with Gasteiger partial charge in [0.1, 0.15) is 0 Å². The molecule has 0 aromatic carbocycles. The lowest BCUT2D eigenvalue weighted by Crippen LogP contribution is -1.99. The van der Waals surface area contributed by atoms with E-state index < -0.39 is 5.97 Å². The number of hydrogen-bond acceptors (Lipinski definition) is 1. The van der Waals surface area contributed by atoms with Gasteiger partial charge in [0, 0.05) is 5.57 Å². The Balaban J connectivity index is 4.15. The SMILES string of the molecule is CC(C)=CCC/C(C)=C/CC/C(C)=C/CC/C(C)=C(/C)C(=O)O. The first kappa shape index (κ1) is 21.4. The molecule has 0 fully saturated rings. The summed E-state index contributed by atoms with van der Waals surface area (Å²) in [7, 11) is 0. The molecule has 2 nitrogen and oxygen atoms in total. The molecule has 0 rings (SSSR count). The van der Waals surface area contributed by atoms with Crippen molar-refractivity contribution in [1.82, 2.24) is 0 Å². The molecule has 0 saturated carbocycles. The average Bonchev–Trinajstić information content (AvgIpc) is 2.45. The summed E-state index contributed by atoms with van der Waals surface area (Å²) in [5.41, 5.74) is 5.69. The van der Waals surface area contributed by atoms with Gasteiger partial charge in [0.2, 0.25) is 0 Å². The molecule has 2 heteroatoms. The van der Waals surface area contributed by atoms with E-state index in [1.165, 1.54) is 16.7 Å². The molecule has 0 aliphatic heterocycles. The van der Waals surface area contributed by atoms with E-state index in [2.05, 4.69) is 45.9 Å². The van der Waals surface area contributed by atoms with Crippen LogP contribution < -0.4 is 0 Å². The number of rotatable bonds is 10. The topological polar surface area (TPSA) is 37.3 Å². The molecule has 0 aliphatic rings. The van der Waals surface area contributed by atoms with Crippen molar-refractivity contribution in [2.75, 3.05) is 0 Å². The second kappa shape index (κ2) is 11.9. The van der Waals surface area contributed by atoms with Crippen LogP contribution in [0.1, 0.15) is 80.1 Å². The summed E-state index contributed by atoms with van der Waals surface area (Å²) < 4.78 is 0. The van der Waals surface area contributed by atoms with E-state index in [4.69, 9.17) is 5.11 Å². The fraction of sp³-hybridized carbons (Fsp3) is 0.571. The predicted octanol–water partition coefficient (Wildman–Crippen LogP) is 6.61. The van der Waals surface area contributed by atoms with Crippen molar-refractivity contribution in [3.63, 3.8) is 0 Å². The maximum Gasteiger partial charge on any atom is 0.331 e. The molecule has 0 amide bonds. The Hall–Kier alpha value is -1.57. The van der Waals surface area contributed by atoms with Crippen molar-refractivity contribution in [2.45, 2.75) is 80.1 Å². The van der Waals surface area contributed by atoms with Crippen molar-refractivity contribution in [3.8, 4) is 0 Å². The zero-order chi connectivity index (χ0) is 17.8. The predicted molar refractivity (Wildman–Crippen MR) is 101 cm³/mol.